The van der Waals surface area contributed by atoms with E-state index in [0.717, 1.165) is 12.1 Å². The number of amides is 2. The van der Waals surface area contributed by atoms with Crippen LogP contribution in [0.4, 0.5) is 0 Å². The van der Waals surface area contributed by atoms with Crippen LogP contribution in [0.2, 0.25) is 0 Å². The van der Waals surface area contributed by atoms with E-state index in [2.05, 4.69) is 10.6 Å². The Bertz CT molecular complexity index is 721. The molecule has 0 aromatic heterocycles. The van der Waals surface area contributed by atoms with Crippen molar-refractivity contribution in [3.05, 3.63) is 34.4 Å². The first-order valence-electron chi connectivity index (χ1n) is 7.81. The fourth-order valence-corrected chi connectivity index (χ4v) is 2.30. The molecule has 0 bridgehead atoms. The summed E-state index contributed by atoms with van der Waals surface area (Å²) in [7, 11) is 0. The molecule has 0 saturated carbocycles. The second-order valence-corrected chi connectivity index (χ2v) is 5.88. The molecule has 2 aliphatic rings. The maximum atomic E-state index is 12.3. The Hall–Kier alpha value is -2.98. The third-order valence-electron chi connectivity index (χ3n) is 3.89. The first kappa shape index (κ1) is 17.8. The van der Waals surface area contributed by atoms with Crippen molar-refractivity contribution in [2.75, 3.05) is 26.3 Å². The first-order chi connectivity index (χ1) is 12.4. The summed E-state index contributed by atoms with van der Waals surface area (Å²) < 4.78 is 9.92. The van der Waals surface area contributed by atoms with Gasteiger partial charge in [-0.05, 0) is 12.1 Å². The van der Waals surface area contributed by atoms with E-state index in [1.54, 1.807) is 0 Å². The molecule has 1 aromatic rings. The number of hydrogen-bond donors (Lipinski definition) is 4. The minimum Gasteiger partial charge on any atom is -0.478 e. The molecule has 2 heterocycles. The van der Waals surface area contributed by atoms with Crippen molar-refractivity contribution in [2.45, 2.75) is 12.2 Å². The predicted molar refractivity (Wildman–Crippen MR) is 84.5 cm³/mol. The molecular weight excluding hydrogens is 348 g/mol. The van der Waals surface area contributed by atoms with Crippen LogP contribution >= 0.6 is 0 Å². The van der Waals surface area contributed by atoms with Gasteiger partial charge in [-0.25, -0.2) is 9.59 Å². The molecule has 0 radical (unpaired) electrons. The lowest BCUT2D eigenvalue weighted by Crippen LogP contribution is -2.32. The molecule has 2 fully saturated rings. The zero-order valence-electron chi connectivity index (χ0n) is 13.5. The molecule has 2 atom stereocenters. The molecule has 138 valence electrons. The Morgan fingerprint density at radius 2 is 1.15 bits per heavy atom. The molecule has 0 spiro atoms. The Kier molecular flexibility index (Phi) is 4.87. The summed E-state index contributed by atoms with van der Waals surface area (Å²) in [6.45, 7) is 1.39. The van der Waals surface area contributed by atoms with Crippen molar-refractivity contribution in [2.24, 2.45) is 0 Å². The summed E-state index contributed by atoms with van der Waals surface area (Å²) in [5.74, 6) is -4.40. The average molecular weight is 364 g/mol. The van der Waals surface area contributed by atoms with Gasteiger partial charge in [0.15, 0.2) is 0 Å². The van der Waals surface area contributed by atoms with Crippen LogP contribution < -0.4 is 10.6 Å². The zero-order chi connectivity index (χ0) is 18.8. The minimum atomic E-state index is -1.47. The summed E-state index contributed by atoms with van der Waals surface area (Å²) in [6.07, 6.45) is -0.237. The topological polar surface area (TPSA) is 158 Å². The molecule has 10 heteroatoms. The van der Waals surface area contributed by atoms with Gasteiger partial charge in [-0.1, -0.05) is 0 Å². The number of aromatic carboxylic acids is 2. The molecule has 0 aliphatic carbocycles. The Labute approximate surface area is 147 Å². The Morgan fingerprint density at radius 3 is 1.46 bits per heavy atom. The van der Waals surface area contributed by atoms with Gasteiger partial charge in [0, 0.05) is 13.1 Å². The van der Waals surface area contributed by atoms with Gasteiger partial charge < -0.3 is 30.3 Å². The fraction of sp³-hybridized carbons (Fsp3) is 0.375. The lowest BCUT2D eigenvalue weighted by molar-refractivity contribution is 0.0687. The van der Waals surface area contributed by atoms with Gasteiger partial charge in [-0.3, -0.25) is 9.59 Å². The van der Waals surface area contributed by atoms with E-state index in [4.69, 9.17) is 9.47 Å². The molecule has 4 N–H and O–H groups in total. The predicted octanol–water partition coefficient (Wildman–Crippen LogP) is -0.660. The van der Waals surface area contributed by atoms with E-state index in [1.807, 2.05) is 0 Å². The number of rotatable bonds is 8. The number of hydrogen-bond acceptors (Lipinski definition) is 6. The van der Waals surface area contributed by atoms with Crippen LogP contribution in [0.25, 0.3) is 0 Å². The van der Waals surface area contributed by atoms with Gasteiger partial charge in [0.25, 0.3) is 11.8 Å². The van der Waals surface area contributed by atoms with Crippen LogP contribution in [-0.4, -0.2) is 72.5 Å². The smallest absolute Gasteiger partial charge is 0.336 e. The summed E-state index contributed by atoms with van der Waals surface area (Å²) in [6, 6.07) is 1.80. The largest absolute Gasteiger partial charge is 0.478 e. The highest BCUT2D eigenvalue weighted by atomic mass is 16.6. The maximum Gasteiger partial charge on any atom is 0.336 e. The summed E-state index contributed by atoms with van der Waals surface area (Å²) in [5.41, 5.74) is -1.59. The number of epoxide rings is 2. The number of carboxylic acids is 2. The molecule has 2 saturated heterocycles. The summed E-state index contributed by atoms with van der Waals surface area (Å²) >= 11 is 0. The highest BCUT2D eigenvalue weighted by Gasteiger charge is 2.29. The number of benzene rings is 1. The quantitative estimate of drug-likeness (QED) is 0.443. The van der Waals surface area contributed by atoms with E-state index in [9.17, 15) is 29.4 Å². The van der Waals surface area contributed by atoms with Gasteiger partial charge >= 0.3 is 11.9 Å². The molecule has 3 rings (SSSR count). The third-order valence-corrected chi connectivity index (χ3v) is 3.89. The number of carbonyl (C=O) groups excluding carboxylic acids is 2. The van der Waals surface area contributed by atoms with Gasteiger partial charge in [0.2, 0.25) is 0 Å². The van der Waals surface area contributed by atoms with E-state index in [-0.39, 0.29) is 36.4 Å². The standard InChI is InChI=1S/C16H16N2O8/c19-13(17-3-7-5-25-7)9-1-10(14(20)18-4-8-6-26-8)12(16(23)24)2-11(9)15(21)22/h1-2,7-8H,3-6H2,(H,17,19)(H,18,20)(H,21,22)(H,23,24). The SMILES string of the molecule is O=C(O)c1cc(C(=O)O)c(C(=O)NCC2CO2)cc1C(=O)NCC1CO1. The molecule has 10 nitrogen and oxygen atoms in total. The summed E-state index contributed by atoms with van der Waals surface area (Å²) in [4.78, 5) is 47.5. The van der Waals surface area contributed by atoms with Crippen LogP contribution in [0.3, 0.4) is 0 Å². The molecule has 2 unspecified atom stereocenters. The van der Waals surface area contributed by atoms with E-state index < -0.39 is 34.9 Å². The van der Waals surface area contributed by atoms with Gasteiger partial charge in [0.1, 0.15) is 0 Å². The average Bonchev–Trinajstić information content (AvgIpc) is 3.50. The first-order valence-corrected chi connectivity index (χ1v) is 7.81. The Balaban J connectivity index is 1.92. The van der Waals surface area contributed by atoms with Crippen molar-refractivity contribution in [1.82, 2.24) is 10.6 Å². The highest BCUT2D eigenvalue weighted by molar-refractivity contribution is 6.11. The second-order valence-electron chi connectivity index (χ2n) is 5.88. The molecule has 26 heavy (non-hydrogen) atoms. The van der Waals surface area contributed by atoms with E-state index >= 15 is 0 Å². The fourth-order valence-electron chi connectivity index (χ4n) is 2.30. The van der Waals surface area contributed by atoms with E-state index in [1.165, 1.54) is 0 Å². The summed E-state index contributed by atoms with van der Waals surface area (Å²) in [5, 5.41) is 23.6. The van der Waals surface area contributed by atoms with Crippen molar-refractivity contribution in [3.63, 3.8) is 0 Å². The monoisotopic (exact) mass is 364 g/mol. The number of ether oxygens (including phenoxy) is 2. The van der Waals surface area contributed by atoms with Gasteiger partial charge in [-0.15, -0.1) is 0 Å². The zero-order valence-corrected chi connectivity index (χ0v) is 13.5. The number of nitrogens with one attached hydrogen (secondary N) is 2. The molecule has 2 amide bonds. The van der Waals surface area contributed by atoms with Crippen molar-refractivity contribution in [3.8, 4) is 0 Å². The van der Waals surface area contributed by atoms with E-state index in [0.29, 0.717) is 13.2 Å². The number of carbonyl (C=O) groups is 4. The highest BCUT2D eigenvalue weighted by Crippen LogP contribution is 2.19. The van der Waals surface area contributed by atoms with Crippen molar-refractivity contribution < 1.29 is 38.9 Å². The van der Waals surface area contributed by atoms with Crippen molar-refractivity contribution in [1.29, 1.82) is 0 Å². The lowest BCUT2D eigenvalue weighted by Gasteiger charge is -2.12. The van der Waals surface area contributed by atoms with Crippen LogP contribution in [-0.2, 0) is 9.47 Å². The van der Waals surface area contributed by atoms with Crippen LogP contribution in [0.5, 0.6) is 0 Å². The molecule has 2 aliphatic heterocycles. The minimum absolute atomic E-state index is 0.119. The normalized spacial score (nSPS) is 20.2. The lowest BCUT2D eigenvalue weighted by atomic mass is 9.97. The van der Waals surface area contributed by atoms with Crippen LogP contribution in [0.1, 0.15) is 41.4 Å². The Morgan fingerprint density at radius 1 is 0.808 bits per heavy atom. The maximum absolute atomic E-state index is 12.3. The van der Waals surface area contributed by atoms with Crippen LogP contribution in [0, 0.1) is 0 Å². The number of carboxylic acid groups (broad SMARTS) is 2. The van der Waals surface area contributed by atoms with Gasteiger partial charge in [0.05, 0.1) is 47.7 Å². The molecular formula is C16H16N2O8. The van der Waals surface area contributed by atoms with Crippen LogP contribution in [0.15, 0.2) is 12.1 Å². The van der Waals surface area contributed by atoms with Gasteiger partial charge in [-0.2, -0.15) is 0 Å². The van der Waals surface area contributed by atoms with Crippen molar-refractivity contribution >= 4 is 23.8 Å². The second kappa shape index (κ2) is 7.10. The third kappa shape index (κ3) is 4.16. The molecule has 1 aromatic carbocycles.